The zero-order valence-electron chi connectivity index (χ0n) is 18.8. The molecule has 9 heteroatoms. The van der Waals surface area contributed by atoms with Crippen LogP contribution in [0.2, 0.25) is 0 Å². The van der Waals surface area contributed by atoms with Gasteiger partial charge in [-0.1, -0.05) is 37.8 Å². The van der Waals surface area contributed by atoms with E-state index in [1.165, 1.54) is 12.3 Å². The number of fused-ring (bicyclic) bond motifs is 1. The number of H-pyrrole nitrogens is 1. The van der Waals surface area contributed by atoms with Crippen molar-refractivity contribution in [2.24, 2.45) is 0 Å². The molecule has 0 aliphatic heterocycles. The highest BCUT2D eigenvalue weighted by Gasteiger charge is 2.36. The van der Waals surface area contributed by atoms with Crippen LogP contribution in [0.4, 0.5) is 19.0 Å². The topological polar surface area (TPSA) is 78.0 Å². The summed E-state index contributed by atoms with van der Waals surface area (Å²) in [6.07, 6.45) is 2.24. The van der Waals surface area contributed by atoms with Crippen molar-refractivity contribution >= 4 is 29.2 Å². The SMILES string of the molecule is CP(C)(=O)c1cccc2c(-c3nc(NCC4(O)CCCCCC4)ccc3C(F)(F)F)c[nH]c12. The van der Waals surface area contributed by atoms with Crippen LogP contribution in [0, 0.1) is 0 Å². The first kappa shape index (κ1) is 23.8. The number of alkyl halides is 3. The van der Waals surface area contributed by atoms with Gasteiger partial charge in [0.1, 0.15) is 13.0 Å². The van der Waals surface area contributed by atoms with Crippen LogP contribution in [0.15, 0.2) is 36.5 Å². The Hall–Kier alpha value is -2.31. The van der Waals surface area contributed by atoms with E-state index in [0.29, 0.717) is 34.6 Å². The number of halogens is 3. The fourth-order valence-electron chi connectivity index (χ4n) is 4.59. The van der Waals surface area contributed by atoms with E-state index in [2.05, 4.69) is 15.3 Å². The summed E-state index contributed by atoms with van der Waals surface area (Å²) in [5.41, 5.74) is -1.08. The van der Waals surface area contributed by atoms with Crippen LogP contribution in [0.1, 0.15) is 44.1 Å². The Labute approximate surface area is 191 Å². The summed E-state index contributed by atoms with van der Waals surface area (Å²) in [5.74, 6) is 0.276. The van der Waals surface area contributed by atoms with Gasteiger partial charge in [0.2, 0.25) is 0 Å². The molecule has 1 aliphatic carbocycles. The van der Waals surface area contributed by atoms with Crippen molar-refractivity contribution in [3.63, 3.8) is 0 Å². The average molecular weight is 479 g/mol. The van der Waals surface area contributed by atoms with Crippen molar-refractivity contribution in [2.75, 3.05) is 25.2 Å². The smallest absolute Gasteiger partial charge is 0.388 e. The summed E-state index contributed by atoms with van der Waals surface area (Å²) in [4.78, 5) is 7.35. The zero-order valence-corrected chi connectivity index (χ0v) is 19.7. The van der Waals surface area contributed by atoms with Crippen LogP contribution in [0.5, 0.6) is 0 Å². The molecule has 0 saturated heterocycles. The van der Waals surface area contributed by atoms with Gasteiger partial charge in [-0.15, -0.1) is 0 Å². The predicted molar refractivity (Wildman–Crippen MR) is 127 cm³/mol. The Bertz CT molecular complexity index is 1190. The van der Waals surface area contributed by atoms with Crippen molar-refractivity contribution in [3.05, 3.63) is 42.1 Å². The number of anilines is 1. The third-order valence-electron chi connectivity index (χ3n) is 6.36. The highest BCUT2D eigenvalue weighted by Crippen LogP contribution is 2.42. The van der Waals surface area contributed by atoms with Gasteiger partial charge in [-0.3, -0.25) is 0 Å². The second-order valence-corrected chi connectivity index (χ2v) is 12.5. The second kappa shape index (κ2) is 8.80. The molecule has 0 bridgehead atoms. The molecule has 5 nitrogen and oxygen atoms in total. The number of aliphatic hydroxyl groups is 1. The van der Waals surface area contributed by atoms with E-state index in [-0.39, 0.29) is 18.1 Å². The standard InChI is InChI=1S/C24H29F3N3O2P/c1-33(2,32)19-9-7-8-16-17(14-28-22(16)19)21-18(24(25,26)27)10-11-20(30-21)29-15-23(31)12-5-3-4-6-13-23/h7-11,14,28,31H,3-6,12-13,15H2,1-2H3,(H,29,30). The number of aromatic amines is 1. The monoisotopic (exact) mass is 479 g/mol. The van der Waals surface area contributed by atoms with Crippen molar-refractivity contribution in [3.8, 4) is 11.3 Å². The van der Waals surface area contributed by atoms with E-state index in [1.54, 1.807) is 31.5 Å². The maximum Gasteiger partial charge on any atom is 0.418 e. The van der Waals surface area contributed by atoms with E-state index in [1.807, 2.05) is 0 Å². The summed E-state index contributed by atoms with van der Waals surface area (Å²) < 4.78 is 54.3. The Morgan fingerprint density at radius 1 is 1.12 bits per heavy atom. The average Bonchev–Trinajstić information content (AvgIpc) is 3.05. The van der Waals surface area contributed by atoms with Crippen molar-refractivity contribution in [2.45, 2.75) is 50.3 Å². The van der Waals surface area contributed by atoms with E-state index >= 15 is 0 Å². The molecule has 1 aliphatic rings. The minimum absolute atomic E-state index is 0.203. The van der Waals surface area contributed by atoms with Crippen LogP contribution in [0.3, 0.4) is 0 Å². The third-order valence-corrected chi connectivity index (χ3v) is 7.90. The first-order valence-corrected chi connectivity index (χ1v) is 13.8. The largest absolute Gasteiger partial charge is 0.418 e. The Kier molecular flexibility index (Phi) is 6.36. The molecule has 4 rings (SSSR count). The van der Waals surface area contributed by atoms with Gasteiger partial charge in [0.15, 0.2) is 0 Å². The lowest BCUT2D eigenvalue weighted by atomic mass is 9.94. The number of rotatable bonds is 5. The molecule has 2 heterocycles. The number of para-hydroxylation sites is 1. The van der Waals surface area contributed by atoms with Crippen molar-refractivity contribution in [1.29, 1.82) is 0 Å². The number of hydrogen-bond acceptors (Lipinski definition) is 4. The van der Waals surface area contributed by atoms with Crippen molar-refractivity contribution in [1.82, 2.24) is 9.97 Å². The molecular weight excluding hydrogens is 450 g/mol. The number of aromatic nitrogens is 2. The van der Waals surface area contributed by atoms with Gasteiger partial charge < -0.3 is 20.0 Å². The molecule has 33 heavy (non-hydrogen) atoms. The summed E-state index contributed by atoms with van der Waals surface area (Å²) in [5, 5.41) is 15.1. The molecule has 0 amide bonds. The summed E-state index contributed by atoms with van der Waals surface area (Å²) >= 11 is 0. The molecular formula is C24H29F3N3O2P. The lowest BCUT2D eigenvalue weighted by molar-refractivity contribution is -0.137. The van der Waals surface area contributed by atoms with E-state index in [4.69, 9.17) is 0 Å². The normalized spacial score (nSPS) is 17.2. The molecule has 1 fully saturated rings. The van der Waals surface area contributed by atoms with Gasteiger partial charge in [0, 0.05) is 29.0 Å². The van der Waals surface area contributed by atoms with Crippen LogP contribution >= 0.6 is 7.14 Å². The fourth-order valence-corrected chi connectivity index (χ4v) is 5.76. The van der Waals surface area contributed by atoms with Gasteiger partial charge in [0.25, 0.3) is 0 Å². The molecule has 0 radical (unpaired) electrons. The number of nitrogens with zero attached hydrogens (tertiary/aromatic N) is 1. The van der Waals surface area contributed by atoms with Crippen LogP contribution in [-0.4, -0.2) is 40.5 Å². The second-order valence-electron chi connectivity index (χ2n) is 9.34. The lowest BCUT2D eigenvalue weighted by Gasteiger charge is -2.27. The number of pyridine rings is 1. The van der Waals surface area contributed by atoms with Crippen LogP contribution < -0.4 is 10.6 Å². The van der Waals surface area contributed by atoms with Gasteiger partial charge in [-0.25, -0.2) is 4.98 Å². The highest BCUT2D eigenvalue weighted by molar-refractivity contribution is 7.70. The van der Waals surface area contributed by atoms with Crippen molar-refractivity contribution < 1.29 is 22.8 Å². The summed E-state index contributed by atoms with van der Waals surface area (Å²) in [6.45, 7) is 3.49. The molecule has 0 unspecified atom stereocenters. The minimum Gasteiger partial charge on any atom is -0.388 e. The van der Waals surface area contributed by atoms with Gasteiger partial charge in [-0.05, 0) is 44.4 Å². The van der Waals surface area contributed by atoms with Crippen LogP contribution in [-0.2, 0) is 10.7 Å². The zero-order chi connectivity index (χ0) is 23.9. The maximum atomic E-state index is 13.9. The first-order valence-electron chi connectivity index (χ1n) is 11.2. The molecule has 1 saturated carbocycles. The molecule has 178 valence electrons. The maximum absolute atomic E-state index is 13.9. The molecule has 2 aromatic heterocycles. The third kappa shape index (κ3) is 5.12. The van der Waals surface area contributed by atoms with E-state index in [9.17, 15) is 22.8 Å². The fraction of sp³-hybridized carbons (Fsp3) is 0.458. The minimum atomic E-state index is -4.59. The summed E-state index contributed by atoms with van der Waals surface area (Å²) in [6, 6.07) is 7.46. The van der Waals surface area contributed by atoms with E-state index < -0.39 is 24.5 Å². The predicted octanol–water partition coefficient (Wildman–Crippen LogP) is 5.99. The van der Waals surface area contributed by atoms with Gasteiger partial charge >= 0.3 is 6.18 Å². The Morgan fingerprint density at radius 2 is 1.82 bits per heavy atom. The number of benzene rings is 1. The Morgan fingerprint density at radius 3 is 2.45 bits per heavy atom. The number of hydrogen-bond donors (Lipinski definition) is 3. The highest BCUT2D eigenvalue weighted by atomic mass is 31.2. The van der Waals surface area contributed by atoms with Gasteiger partial charge in [-0.2, -0.15) is 13.2 Å². The quantitative estimate of drug-likeness (QED) is 0.310. The first-order chi connectivity index (χ1) is 15.5. The Balaban J connectivity index is 1.75. The molecule has 3 N–H and O–H groups in total. The molecule has 1 aromatic carbocycles. The lowest BCUT2D eigenvalue weighted by Crippen LogP contribution is -2.36. The molecule has 0 atom stereocenters. The molecule has 0 spiro atoms. The van der Waals surface area contributed by atoms with E-state index in [0.717, 1.165) is 31.7 Å². The van der Waals surface area contributed by atoms with Gasteiger partial charge in [0.05, 0.1) is 22.4 Å². The molecule has 3 aromatic rings. The number of nitrogens with one attached hydrogen (secondary N) is 2. The summed E-state index contributed by atoms with van der Waals surface area (Å²) in [7, 11) is -2.65. The van der Waals surface area contributed by atoms with Crippen LogP contribution in [0.25, 0.3) is 22.2 Å².